The molecule has 1 heterocycles. The Morgan fingerprint density at radius 1 is 0.912 bits per heavy atom. The van der Waals surface area contributed by atoms with E-state index < -0.39 is 10.0 Å². The number of carbonyl (C=O) groups excluding carboxylic acids is 1. The van der Waals surface area contributed by atoms with Gasteiger partial charge in [-0.25, -0.2) is 8.42 Å². The summed E-state index contributed by atoms with van der Waals surface area (Å²) in [5, 5.41) is 2.94. The highest BCUT2D eigenvalue weighted by Crippen LogP contribution is 2.24. The Hall–Kier alpha value is -3.36. The van der Waals surface area contributed by atoms with Gasteiger partial charge in [0.1, 0.15) is 0 Å². The molecular weight excluding hydrogens is 448 g/mol. The average molecular weight is 479 g/mol. The van der Waals surface area contributed by atoms with Gasteiger partial charge < -0.3 is 15.1 Å². The highest BCUT2D eigenvalue weighted by Gasteiger charge is 2.18. The quantitative estimate of drug-likeness (QED) is 0.532. The van der Waals surface area contributed by atoms with Crippen LogP contribution in [0.2, 0.25) is 0 Å². The van der Waals surface area contributed by atoms with Crippen molar-refractivity contribution in [3.05, 3.63) is 83.9 Å². The third-order valence-electron chi connectivity index (χ3n) is 6.10. The number of anilines is 3. The summed E-state index contributed by atoms with van der Waals surface area (Å²) < 4.78 is 27.7. The van der Waals surface area contributed by atoms with Gasteiger partial charge in [-0.15, -0.1) is 0 Å². The zero-order chi connectivity index (χ0) is 24.1. The van der Waals surface area contributed by atoms with Crippen LogP contribution in [0.1, 0.15) is 22.8 Å². The van der Waals surface area contributed by atoms with Gasteiger partial charge in [-0.1, -0.05) is 25.1 Å². The molecule has 0 unspecified atom stereocenters. The molecule has 8 heteroatoms. The Labute approximate surface area is 201 Å². The van der Waals surface area contributed by atoms with E-state index in [2.05, 4.69) is 32.8 Å². The number of hydrogen-bond donors (Lipinski definition) is 2. The van der Waals surface area contributed by atoms with E-state index in [9.17, 15) is 13.2 Å². The van der Waals surface area contributed by atoms with Crippen molar-refractivity contribution >= 4 is 33.0 Å². The Morgan fingerprint density at radius 2 is 1.59 bits per heavy atom. The molecule has 1 saturated heterocycles. The summed E-state index contributed by atoms with van der Waals surface area (Å²) in [6.07, 6.45) is 0. The molecule has 0 spiro atoms. The van der Waals surface area contributed by atoms with Crippen molar-refractivity contribution in [2.75, 3.05) is 47.7 Å². The number of nitrogens with one attached hydrogen (secondary N) is 2. The summed E-state index contributed by atoms with van der Waals surface area (Å²) >= 11 is 0. The van der Waals surface area contributed by atoms with Gasteiger partial charge in [-0.3, -0.25) is 9.52 Å². The maximum atomic E-state index is 12.8. The zero-order valence-corrected chi connectivity index (χ0v) is 20.3. The van der Waals surface area contributed by atoms with Crippen LogP contribution in [0, 0.1) is 6.92 Å². The van der Waals surface area contributed by atoms with Crippen LogP contribution in [0.4, 0.5) is 17.1 Å². The summed E-state index contributed by atoms with van der Waals surface area (Å²) in [5.74, 6) is -0.285. The molecular formula is C26H30N4O3S. The number of aryl methyl sites for hydroxylation is 1. The lowest BCUT2D eigenvalue weighted by molar-refractivity contribution is 0.102. The molecule has 34 heavy (non-hydrogen) atoms. The first-order valence-electron chi connectivity index (χ1n) is 11.4. The van der Waals surface area contributed by atoms with E-state index in [1.807, 2.05) is 25.1 Å². The number of piperazine rings is 1. The van der Waals surface area contributed by atoms with Gasteiger partial charge in [0.15, 0.2) is 0 Å². The highest BCUT2D eigenvalue weighted by atomic mass is 32.2. The summed E-state index contributed by atoms with van der Waals surface area (Å²) in [6.45, 7) is 9.34. The Balaban J connectivity index is 1.41. The van der Waals surface area contributed by atoms with Gasteiger partial charge in [0.2, 0.25) is 0 Å². The van der Waals surface area contributed by atoms with Crippen LogP contribution >= 0.6 is 0 Å². The Bertz CT molecular complexity index is 1240. The summed E-state index contributed by atoms with van der Waals surface area (Å²) in [5.41, 5.74) is 3.75. The molecule has 0 aliphatic carbocycles. The average Bonchev–Trinajstić information content (AvgIpc) is 2.85. The van der Waals surface area contributed by atoms with Crippen molar-refractivity contribution in [1.29, 1.82) is 0 Å². The third-order valence-corrected chi connectivity index (χ3v) is 7.49. The second kappa shape index (κ2) is 10.3. The second-order valence-electron chi connectivity index (χ2n) is 8.37. The van der Waals surface area contributed by atoms with E-state index in [-0.39, 0.29) is 10.8 Å². The monoisotopic (exact) mass is 478 g/mol. The highest BCUT2D eigenvalue weighted by molar-refractivity contribution is 7.92. The van der Waals surface area contributed by atoms with Crippen LogP contribution in [0.25, 0.3) is 0 Å². The Morgan fingerprint density at radius 3 is 2.21 bits per heavy atom. The van der Waals surface area contributed by atoms with Crippen LogP contribution in [-0.2, 0) is 10.0 Å². The number of para-hydroxylation sites is 1. The molecule has 1 aliphatic rings. The molecule has 3 aromatic rings. The molecule has 0 radical (unpaired) electrons. The van der Waals surface area contributed by atoms with Crippen molar-refractivity contribution in [3.8, 4) is 0 Å². The maximum Gasteiger partial charge on any atom is 0.261 e. The van der Waals surface area contributed by atoms with Gasteiger partial charge in [-0.2, -0.15) is 0 Å². The maximum absolute atomic E-state index is 12.8. The number of likely N-dealkylation sites (N-methyl/N-ethyl adjacent to an activating group) is 1. The molecule has 0 atom stereocenters. The van der Waals surface area contributed by atoms with Crippen LogP contribution in [0.5, 0.6) is 0 Å². The van der Waals surface area contributed by atoms with Crippen LogP contribution < -0.4 is 14.9 Å². The van der Waals surface area contributed by atoms with E-state index in [1.165, 1.54) is 24.3 Å². The number of rotatable bonds is 7. The molecule has 0 bridgehead atoms. The summed E-state index contributed by atoms with van der Waals surface area (Å²) in [7, 11) is -3.73. The van der Waals surface area contributed by atoms with E-state index in [1.54, 1.807) is 24.3 Å². The zero-order valence-electron chi connectivity index (χ0n) is 19.5. The SMILES string of the molecule is CCN1CCN(c2ccc(NC(=O)c3ccc(S(=O)(=O)Nc4ccccc4)cc3)c(C)c2)CC1. The van der Waals surface area contributed by atoms with Gasteiger partial charge in [-0.05, 0) is 73.6 Å². The first-order chi connectivity index (χ1) is 16.4. The van der Waals surface area contributed by atoms with Crippen LogP contribution in [0.3, 0.4) is 0 Å². The van der Waals surface area contributed by atoms with Crippen molar-refractivity contribution in [3.63, 3.8) is 0 Å². The normalized spacial score (nSPS) is 14.6. The number of sulfonamides is 1. The van der Waals surface area contributed by atoms with E-state index in [0.717, 1.165) is 49.7 Å². The lowest BCUT2D eigenvalue weighted by Crippen LogP contribution is -2.46. The molecule has 7 nitrogen and oxygen atoms in total. The molecule has 1 aliphatic heterocycles. The molecule has 0 aromatic heterocycles. The van der Waals surface area contributed by atoms with Gasteiger partial charge in [0, 0.05) is 48.8 Å². The standard InChI is InChI=1S/C26H30N4O3S/c1-3-29-15-17-30(18-16-29)23-11-14-25(20(2)19-23)27-26(31)21-9-12-24(13-10-21)34(32,33)28-22-7-5-4-6-8-22/h4-14,19,28H,3,15-18H2,1-2H3,(H,27,31). The number of carbonyl (C=O) groups is 1. The number of amides is 1. The topological polar surface area (TPSA) is 81.8 Å². The van der Waals surface area contributed by atoms with E-state index in [0.29, 0.717) is 11.3 Å². The first kappa shape index (κ1) is 23.8. The van der Waals surface area contributed by atoms with Crippen molar-refractivity contribution in [2.45, 2.75) is 18.7 Å². The molecule has 1 fully saturated rings. The smallest absolute Gasteiger partial charge is 0.261 e. The first-order valence-corrected chi connectivity index (χ1v) is 12.9. The predicted molar refractivity (Wildman–Crippen MR) is 137 cm³/mol. The minimum Gasteiger partial charge on any atom is -0.369 e. The van der Waals surface area contributed by atoms with Gasteiger partial charge in [0.25, 0.3) is 15.9 Å². The summed E-state index contributed by atoms with van der Waals surface area (Å²) in [6, 6.07) is 20.7. The number of hydrogen-bond acceptors (Lipinski definition) is 5. The van der Waals surface area contributed by atoms with Crippen molar-refractivity contribution < 1.29 is 13.2 Å². The Kier molecular flexibility index (Phi) is 7.19. The lowest BCUT2D eigenvalue weighted by atomic mass is 10.1. The fraction of sp³-hybridized carbons (Fsp3) is 0.269. The van der Waals surface area contributed by atoms with Crippen molar-refractivity contribution in [2.24, 2.45) is 0 Å². The summed E-state index contributed by atoms with van der Waals surface area (Å²) in [4.78, 5) is 17.7. The fourth-order valence-corrected chi connectivity index (χ4v) is 5.07. The molecule has 4 rings (SSSR count). The molecule has 2 N–H and O–H groups in total. The van der Waals surface area contributed by atoms with E-state index in [4.69, 9.17) is 0 Å². The fourth-order valence-electron chi connectivity index (χ4n) is 4.01. The van der Waals surface area contributed by atoms with Crippen molar-refractivity contribution in [1.82, 2.24) is 4.90 Å². The van der Waals surface area contributed by atoms with E-state index >= 15 is 0 Å². The van der Waals surface area contributed by atoms with Crippen LogP contribution in [0.15, 0.2) is 77.7 Å². The third kappa shape index (κ3) is 5.58. The molecule has 0 saturated carbocycles. The predicted octanol–water partition coefficient (Wildman–Crippen LogP) is 4.19. The van der Waals surface area contributed by atoms with Gasteiger partial charge in [0.05, 0.1) is 4.90 Å². The minimum absolute atomic E-state index is 0.0941. The molecule has 178 valence electrons. The number of benzene rings is 3. The number of nitrogens with zero attached hydrogens (tertiary/aromatic N) is 2. The largest absolute Gasteiger partial charge is 0.369 e. The lowest BCUT2D eigenvalue weighted by Gasteiger charge is -2.35. The second-order valence-corrected chi connectivity index (χ2v) is 10.1. The molecule has 3 aromatic carbocycles. The van der Waals surface area contributed by atoms with Gasteiger partial charge >= 0.3 is 0 Å². The minimum atomic E-state index is -3.73. The van der Waals surface area contributed by atoms with Crippen LogP contribution in [-0.4, -0.2) is 51.9 Å². The molecule has 1 amide bonds.